The highest BCUT2D eigenvalue weighted by molar-refractivity contribution is 5.65. The van der Waals surface area contributed by atoms with E-state index < -0.39 is 0 Å². The summed E-state index contributed by atoms with van der Waals surface area (Å²) >= 11 is 0. The van der Waals surface area contributed by atoms with Crippen LogP contribution in [0.4, 0.5) is 0 Å². The van der Waals surface area contributed by atoms with Gasteiger partial charge in [-0.3, -0.25) is 4.79 Å². The van der Waals surface area contributed by atoms with Crippen LogP contribution < -0.4 is 0 Å². The first-order valence-corrected chi connectivity index (χ1v) is 9.20. The lowest BCUT2D eigenvalue weighted by Gasteiger charge is -2.00. The number of ether oxygens (including phenoxy) is 1. The van der Waals surface area contributed by atoms with Crippen molar-refractivity contribution in [2.75, 3.05) is 6.61 Å². The highest BCUT2D eigenvalue weighted by Gasteiger charge is 1.91. The van der Waals surface area contributed by atoms with Crippen LogP contribution in [-0.4, -0.2) is 12.6 Å². The second-order valence-corrected chi connectivity index (χ2v) is 5.91. The van der Waals surface area contributed by atoms with E-state index >= 15 is 0 Å². The first kappa shape index (κ1) is 20.9. The van der Waals surface area contributed by atoms with Crippen LogP contribution in [0.15, 0.2) is 24.3 Å². The van der Waals surface area contributed by atoms with Crippen molar-refractivity contribution in [2.24, 2.45) is 0 Å². The Balaban J connectivity index is 3.12. The van der Waals surface area contributed by atoms with Crippen LogP contribution in [0.25, 0.3) is 0 Å². The highest BCUT2D eigenvalue weighted by Crippen LogP contribution is 2.09. The van der Waals surface area contributed by atoms with Gasteiger partial charge in [0.2, 0.25) is 0 Å². The Morgan fingerprint density at radius 1 is 0.727 bits per heavy atom. The number of allylic oxidation sites excluding steroid dienone is 3. The molecule has 128 valence electrons. The van der Waals surface area contributed by atoms with E-state index in [9.17, 15) is 4.79 Å². The summed E-state index contributed by atoms with van der Waals surface area (Å²) in [5.74, 6) is -0.190. The minimum atomic E-state index is -0.190. The van der Waals surface area contributed by atoms with Gasteiger partial charge in [-0.25, -0.2) is 0 Å². The summed E-state index contributed by atoms with van der Waals surface area (Å²) in [5, 5.41) is 0. The van der Waals surface area contributed by atoms with Gasteiger partial charge in [0.1, 0.15) is 0 Å². The first-order valence-electron chi connectivity index (χ1n) is 9.20. The number of unbranched alkanes of at least 4 members (excludes halogenated alkanes) is 9. The van der Waals surface area contributed by atoms with Crippen LogP contribution in [0.2, 0.25) is 0 Å². The van der Waals surface area contributed by atoms with E-state index in [0.29, 0.717) is 6.61 Å². The molecule has 0 aliphatic carbocycles. The molecule has 0 aromatic rings. The summed E-state index contributed by atoms with van der Waals surface area (Å²) in [7, 11) is 0. The van der Waals surface area contributed by atoms with Crippen LogP contribution in [0.1, 0.15) is 90.9 Å². The van der Waals surface area contributed by atoms with Crippen molar-refractivity contribution in [1.29, 1.82) is 0 Å². The largest absolute Gasteiger partial charge is 0.466 e. The molecule has 0 radical (unpaired) electrons. The smallest absolute Gasteiger partial charge is 0.302 e. The third-order valence-electron chi connectivity index (χ3n) is 3.64. The zero-order valence-electron chi connectivity index (χ0n) is 14.8. The summed E-state index contributed by atoms with van der Waals surface area (Å²) < 4.78 is 4.87. The molecule has 0 aliphatic rings. The second-order valence-electron chi connectivity index (χ2n) is 5.91. The number of carbonyl (C=O) groups excluding carboxylic acids is 1. The maximum Gasteiger partial charge on any atom is 0.302 e. The number of hydrogen-bond donors (Lipinski definition) is 0. The highest BCUT2D eigenvalue weighted by atomic mass is 16.5. The lowest BCUT2D eigenvalue weighted by atomic mass is 10.1. The number of rotatable bonds is 15. The predicted molar refractivity (Wildman–Crippen MR) is 96.0 cm³/mol. The molecule has 22 heavy (non-hydrogen) atoms. The van der Waals surface area contributed by atoms with Crippen molar-refractivity contribution in [3.8, 4) is 0 Å². The van der Waals surface area contributed by atoms with Crippen LogP contribution in [0, 0.1) is 0 Å². The Kier molecular flexibility index (Phi) is 17.1. The molecule has 0 heterocycles. The maximum absolute atomic E-state index is 10.6. The van der Waals surface area contributed by atoms with Gasteiger partial charge in [-0.15, -0.1) is 0 Å². The van der Waals surface area contributed by atoms with Gasteiger partial charge >= 0.3 is 5.97 Å². The SMILES string of the molecule is CCCCC=CCCCCCCCC/C=C\CCOC(C)=O. The summed E-state index contributed by atoms with van der Waals surface area (Å²) in [5.41, 5.74) is 0. The Bertz CT molecular complexity index is 292. The standard InChI is InChI=1S/C20H36O2/c1-3-4-5-6-7-8-9-10-11-12-13-14-15-16-17-18-19-22-20(2)21/h6-7,16-17H,3-5,8-15,18-19H2,1-2H3/b7-6?,17-16-. The van der Waals surface area contributed by atoms with Crippen molar-refractivity contribution < 1.29 is 9.53 Å². The molecule has 0 saturated heterocycles. The minimum absolute atomic E-state index is 0.190. The maximum atomic E-state index is 10.6. The predicted octanol–water partition coefficient (Wildman–Crippen LogP) is 6.36. The van der Waals surface area contributed by atoms with Gasteiger partial charge in [0, 0.05) is 6.92 Å². The summed E-state index contributed by atoms with van der Waals surface area (Å²) in [6.07, 6.45) is 24.2. The van der Waals surface area contributed by atoms with Gasteiger partial charge in [0.15, 0.2) is 0 Å². The molecule has 0 N–H and O–H groups in total. The number of esters is 1. The van der Waals surface area contributed by atoms with Gasteiger partial charge in [-0.1, -0.05) is 69.8 Å². The molecule has 0 amide bonds. The Morgan fingerprint density at radius 3 is 1.68 bits per heavy atom. The molecule has 0 aromatic carbocycles. The van der Waals surface area contributed by atoms with Crippen molar-refractivity contribution in [3.63, 3.8) is 0 Å². The molecular weight excluding hydrogens is 272 g/mol. The fourth-order valence-corrected chi connectivity index (χ4v) is 2.30. The van der Waals surface area contributed by atoms with E-state index in [1.54, 1.807) is 0 Å². The molecule has 0 atom stereocenters. The van der Waals surface area contributed by atoms with E-state index in [1.165, 1.54) is 71.1 Å². The average Bonchev–Trinajstić information content (AvgIpc) is 2.50. The minimum Gasteiger partial charge on any atom is -0.466 e. The van der Waals surface area contributed by atoms with Crippen molar-refractivity contribution in [1.82, 2.24) is 0 Å². The van der Waals surface area contributed by atoms with Gasteiger partial charge in [-0.05, 0) is 38.5 Å². The molecule has 0 bridgehead atoms. The van der Waals surface area contributed by atoms with E-state index in [0.717, 1.165) is 12.8 Å². The molecule has 0 spiro atoms. The molecular formula is C20H36O2. The Morgan fingerprint density at radius 2 is 1.18 bits per heavy atom. The van der Waals surface area contributed by atoms with Crippen LogP contribution in [0.3, 0.4) is 0 Å². The van der Waals surface area contributed by atoms with E-state index in [4.69, 9.17) is 4.74 Å². The van der Waals surface area contributed by atoms with Crippen LogP contribution in [0.5, 0.6) is 0 Å². The van der Waals surface area contributed by atoms with Crippen LogP contribution >= 0.6 is 0 Å². The monoisotopic (exact) mass is 308 g/mol. The van der Waals surface area contributed by atoms with E-state index in [-0.39, 0.29) is 5.97 Å². The average molecular weight is 309 g/mol. The summed E-state index contributed by atoms with van der Waals surface area (Å²) in [6.45, 7) is 4.21. The zero-order chi connectivity index (χ0) is 16.3. The Hall–Kier alpha value is -1.05. The fraction of sp³-hybridized carbons (Fsp3) is 0.750. The van der Waals surface area contributed by atoms with Gasteiger partial charge in [0.05, 0.1) is 6.61 Å². The lowest BCUT2D eigenvalue weighted by Crippen LogP contribution is -1.98. The van der Waals surface area contributed by atoms with Crippen molar-refractivity contribution in [2.45, 2.75) is 90.9 Å². The Labute approximate surface area is 138 Å². The fourth-order valence-electron chi connectivity index (χ4n) is 2.30. The molecule has 0 aromatic heterocycles. The molecule has 0 aliphatic heterocycles. The second kappa shape index (κ2) is 18.0. The molecule has 2 nitrogen and oxygen atoms in total. The lowest BCUT2D eigenvalue weighted by molar-refractivity contribution is -0.140. The molecule has 0 fully saturated rings. The third-order valence-corrected chi connectivity index (χ3v) is 3.64. The zero-order valence-corrected chi connectivity index (χ0v) is 14.8. The van der Waals surface area contributed by atoms with Crippen LogP contribution in [-0.2, 0) is 9.53 Å². The van der Waals surface area contributed by atoms with Crippen molar-refractivity contribution in [3.05, 3.63) is 24.3 Å². The van der Waals surface area contributed by atoms with Gasteiger partial charge in [-0.2, -0.15) is 0 Å². The van der Waals surface area contributed by atoms with Gasteiger partial charge < -0.3 is 4.74 Å². The van der Waals surface area contributed by atoms with Crippen molar-refractivity contribution >= 4 is 5.97 Å². The summed E-state index contributed by atoms with van der Waals surface area (Å²) in [4.78, 5) is 10.6. The molecule has 0 unspecified atom stereocenters. The topological polar surface area (TPSA) is 26.3 Å². The van der Waals surface area contributed by atoms with E-state index in [1.807, 2.05) is 0 Å². The normalized spacial score (nSPS) is 11.5. The third kappa shape index (κ3) is 18.9. The molecule has 0 rings (SSSR count). The number of hydrogen-bond acceptors (Lipinski definition) is 2. The molecule has 0 saturated carbocycles. The number of carbonyl (C=O) groups is 1. The van der Waals surface area contributed by atoms with Gasteiger partial charge in [0.25, 0.3) is 0 Å². The summed E-state index contributed by atoms with van der Waals surface area (Å²) in [6, 6.07) is 0. The molecule has 2 heteroatoms. The quantitative estimate of drug-likeness (QED) is 0.200. The first-order chi connectivity index (χ1) is 10.8. The van der Waals surface area contributed by atoms with E-state index in [2.05, 4.69) is 31.2 Å².